The van der Waals surface area contributed by atoms with Crippen LogP contribution in [0.15, 0.2) is 12.1 Å². The van der Waals surface area contributed by atoms with E-state index >= 15 is 0 Å². The molecule has 3 nitrogen and oxygen atoms in total. The zero-order valence-corrected chi connectivity index (χ0v) is 11.0. The molecule has 0 spiro atoms. The molecule has 1 saturated carbocycles. The van der Waals surface area contributed by atoms with Crippen molar-refractivity contribution in [3.8, 4) is 0 Å². The number of hydrogen-bond donors (Lipinski definition) is 2. The van der Waals surface area contributed by atoms with E-state index < -0.39 is 0 Å². The second-order valence-electron chi connectivity index (χ2n) is 4.28. The van der Waals surface area contributed by atoms with Crippen LogP contribution in [0.25, 0.3) is 0 Å². The van der Waals surface area contributed by atoms with Gasteiger partial charge in [0.15, 0.2) is 0 Å². The van der Waals surface area contributed by atoms with Crippen molar-refractivity contribution in [1.82, 2.24) is 5.32 Å². The average molecular weight is 273 g/mol. The highest BCUT2D eigenvalue weighted by Crippen LogP contribution is 2.28. The fraction of sp³-hybridized carbons (Fsp3) is 0.417. The van der Waals surface area contributed by atoms with Crippen LogP contribution in [0.1, 0.15) is 18.4 Å². The third kappa shape index (κ3) is 3.51. The summed E-state index contributed by atoms with van der Waals surface area (Å²) in [5.74, 6) is -0.0136. The zero-order valence-electron chi connectivity index (χ0n) is 9.52. The minimum Gasteiger partial charge on any atom is -0.375 e. The second-order valence-corrected chi connectivity index (χ2v) is 5.09. The van der Waals surface area contributed by atoms with Gasteiger partial charge in [-0.05, 0) is 37.5 Å². The highest BCUT2D eigenvalue weighted by molar-refractivity contribution is 6.35. The molecule has 5 heteroatoms. The Hall–Kier alpha value is -0.930. The maximum absolute atomic E-state index is 11.5. The SMILES string of the molecule is Cc1cc(Cl)c(NCC(=O)NC2CC2)cc1Cl. The number of nitrogens with one attached hydrogen (secondary N) is 2. The number of carbonyl (C=O) groups excluding carboxylic acids is 1. The molecule has 0 atom stereocenters. The Bertz CT molecular complexity index is 444. The number of amides is 1. The monoisotopic (exact) mass is 272 g/mol. The Balaban J connectivity index is 1.93. The normalized spacial score (nSPS) is 14.5. The van der Waals surface area contributed by atoms with Gasteiger partial charge < -0.3 is 10.6 Å². The molecule has 0 saturated heterocycles. The molecule has 1 fully saturated rings. The lowest BCUT2D eigenvalue weighted by Gasteiger charge is -2.10. The number of anilines is 1. The van der Waals surface area contributed by atoms with Gasteiger partial charge in [0.25, 0.3) is 0 Å². The van der Waals surface area contributed by atoms with Crippen LogP contribution >= 0.6 is 23.2 Å². The van der Waals surface area contributed by atoms with Crippen LogP contribution in [0.5, 0.6) is 0 Å². The maximum atomic E-state index is 11.5. The van der Waals surface area contributed by atoms with Gasteiger partial charge in [0.05, 0.1) is 17.3 Å². The summed E-state index contributed by atoms with van der Waals surface area (Å²) in [4.78, 5) is 11.5. The highest BCUT2D eigenvalue weighted by atomic mass is 35.5. The highest BCUT2D eigenvalue weighted by Gasteiger charge is 2.22. The van der Waals surface area contributed by atoms with Crippen molar-refractivity contribution in [2.75, 3.05) is 11.9 Å². The predicted octanol–water partition coefficient (Wildman–Crippen LogP) is 2.99. The number of aryl methyl sites for hydroxylation is 1. The van der Waals surface area contributed by atoms with Crippen LogP contribution in [0.3, 0.4) is 0 Å². The van der Waals surface area contributed by atoms with E-state index in [-0.39, 0.29) is 12.5 Å². The summed E-state index contributed by atoms with van der Waals surface area (Å²) in [5, 5.41) is 7.09. The fourth-order valence-electron chi connectivity index (χ4n) is 1.46. The molecule has 0 unspecified atom stereocenters. The van der Waals surface area contributed by atoms with E-state index in [0.717, 1.165) is 18.4 Å². The van der Waals surface area contributed by atoms with Crippen molar-refractivity contribution >= 4 is 34.8 Å². The van der Waals surface area contributed by atoms with Crippen molar-refractivity contribution in [2.24, 2.45) is 0 Å². The first kappa shape index (κ1) is 12.5. The van der Waals surface area contributed by atoms with Gasteiger partial charge in [0.2, 0.25) is 5.91 Å². The molecule has 0 aromatic heterocycles. The summed E-state index contributed by atoms with van der Waals surface area (Å²) >= 11 is 12.0. The van der Waals surface area contributed by atoms with E-state index in [1.165, 1.54) is 0 Å². The number of hydrogen-bond acceptors (Lipinski definition) is 2. The molecule has 1 aliphatic rings. The molecule has 0 aliphatic heterocycles. The van der Waals surface area contributed by atoms with Gasteiger partial charge in [0.1, 0.15) is 0 Å². The van der Waals surface area contributed by atoms with Crippen LogP contribution in [-0.4, -0.2) is 18.5 Å². The summed E-state index contributed by atoms with van der Waals surface area (Å²) in [6.45, 7) is 2.10. The predicted molar refractivity (Wildman–Crippen MR) is 70.9 cm³/mol. The van der Waals surface area contributed by atoms with Crippen molar-refractivity contribution in [3.05, 3.63) is 27.7 Å². The second kappa shape index (κ2) is 5.15. The summed E-state index contributed by atoms with van der Waals surface area (Å²) in [6, 6.07) is 3.90. The molecule has 92 valence electrons. The molecule has 0 heterocycles. The molecule has 0 radical (unpaired) electrons. The average Bonchev–Trinajstić information content (AvgIpc) is 3.05. The van der Waals surface area contributed by atoms with Gasteiger partial charge in [-0.25, -0.2) is 0 Å². The minimum atomic E-state index is -0.0136. The van der Waals surface area contributed by atoms with Crippen LogP contribution in [0.4, 0.5) is 5.69 Å². The molecule has 1 amide bonds. The lowest BCUT2D eigenvalue weighted by Crippen LogP contribution is -2.31. The quantitative estimate of drug-likeness (QED) is 0.885. The topological polar surface area (TPSA) is 41.1 Å². The van der Waals surface area contributed by atoms with E-state index in [4.69, 9.17) is 23.2 Å². The van der Waals surface area contributed by atoms with Crippen molar-refractivity contribution in [3.63, 3.8) is 0 Å². The van der Waals surface area contributed by atoms with E-state index in [1.54, 1.807) is 12.1 Å². The molecule has 2 rings (SSSR count). The van der Waals surface area contributed by atoms with Gasteiger partial charge in [-0.1, -0.05) is 23.2 Å². The molecule has 1 aromatic carbocycles. The maximum Gasteiger partial charge on any atom is 0.239 e. The molecule has 17 heavy (non-hydrogen) atoms. The van der Waals surface area contributed by atoms with Gasteiger partial charge in [0, 0.05) is 11.1 Å². The molecule has 2 N–H and O–H groups in total. The lowest BCUT2D eigenvalue weighted by molar-refractivity contribution is -0.119. The Morgan fingerprint density at radius 3 is 2.71 bits per heavy atom. The third-order valence-corrected chi connectivity index (χ3v) is 3.35. The summed E-state index contributed by atoms with van der Waals surface area (Å²) < 4.78 is 0. The molecular weight excluding hydrogens is 259 g/mol. The molecular formula is C12H14Cl2N2O. The third-order valence-electron chi connectivity index (χ3n) is 2.63. The van der Waals surface area contributed by atoms with Crippen molar-refractivity contribution in [1.29, 1.82) is 0 Å². The van der Waals surface area contributed by atoms with Crippen LogP contribution in [0.2, 0.25) is 10.0 Å². The Morgan fingerprint density at radius 2 is 2.06 bits per heavy atom. The molecule has 1 aliphatic carbocycles. The lowest BCUT2D eigenvalue weighted by atomic mass is 10.2. The number of benzene rings is 1. The number of halogens is 2. The smallest absolute Gasteiger partial charge is 0.239 e. The summed E-state index contributed by atoms with van der Waals surface area (Å²) in [7, 11) is 0. The Morgan fingerprint density at radius 1 is 1.35 bits per heavy atom. The number of rotatable bonds is 4. The minimum absolute atomic E-state index is 0.0136. The van der Waals surface area contributed by atoms with Crippen LogP contribution in [0, 0.1) is 6.92 Å². The zero-order chi connectivity index (χ0) is 12.4. The Labute approximate surface area is 110 Å². The van der Waals surface area contributed by atoms with E-state index in [1.807, 2.05) is 6.92 Å². The van der Waals surface area contributed by atoms with E-state index in [0.29, 0.717) is 21.8 Å². The van der Waals surface area contributed by atoms with Crippen molar-refractivity contribution < 1.29 is 4.79 Å². The molecule has 1 aromatic rings. The van der Waals surface area contributed by atoms with E-state index in [9.17, 15) is 4.79 Å². The van der Waals surface area contributed by atoms with Gasteiger partial charge in [-0.2, -0.15) is 0 Å². The van der Waals surface area contributed by atoms with Crippen LogP contribution < -0.4 is 10.6 Å². The standard InChI is InChI=1S/C12H14Cl2N2O/c1-7-4-10(14)11(5-9(7)13)15-6-12(17)16-8-2-3-8/h4-5,8,15H,2-3,6H2,1H3,(H,16,17). The van der Waals surface area contributed by atoms with Gasteiger partial charge >= 0.3 is 0 Å². The fourth-order valence-corrected chi connectivity index (χ4v) is 1.91. The Kier molecular flexibility index (Phi) is 3.79. The molecule has 0 bridgehead atoms. The van der Waals surface area contributed by atoms with Crippen LogP contribution in [-0.2, 0) is 4.79 Å². The summed E-state index contributed by atoms with van der Waals surface area (Å²) in [5.41, 5.74) is 1.61. The first-order valence-electron chi connectivity index (χ1n) is 5.55. The summed E-state index contributed by atoms with van der Waals surface area (Å²) in [6.07, 6.45) is 2.17. The first-order valence-corrected chi connectivity index (χ1v) is 6.30. The van der Waals surface area contributed by atoms with Crippen molar-refractivity contribution in [2.45, 2.75) is 25.8 Å². The van der Waals surface area contributed by atoms with Gasteiger partial charge in [-0.15, -0.1) is 0 Å². The first-order chi connectivity index (χ1) is 8.06. The largest absolute Gasteiger partial charge is 0.375 e. The van der Waals surface area contributed by atoms with Gasteiger partial charge in [-0.3, -0.25) is 4.79 Å². The number of carbonyl (C=O) groups is 1. The van der Waals surface area contributed by atoms with E-state index in [2.05, 4.69) is 10.6 Å².